The van der Waals surface area contributed by atoms with Gasteiger partial charge in [-0.3, -0.25) is 4.40 Å². The summed E-state index contributed by atoms with van der Waals surface area (Å²) in [6, 6.07) is 16.2. The van der Waals surface area contributed by atoms with Crippen LogP contribution in [0.2, 0.25) is 0 Å². The minimum Gasteiger partial charge on any atom is -0.491 e. The fraction of sp³-hybridized carbons (Fsp3) is 0.250. The van der Waals surface area contributed by atoms with Gasteiger partial charge in [0, 0.05) is 24.0 Å². The van der Waals surface area contributed by atoms with Gasteiger partial charge in [0.15, 0.2) is 0 Å². The van der Waals surface area contributed by atoms with E-state index in [2.05, 4.69) is 38.8 Å². The van der Waals surface area contributed by atoms with Crippen molar-refractivity contribution in [1.82, 2.24) is 14.4 Å². The van der Waals surface area contributed by atoms with E-state index in [4.69, 9.17) is 9.47 Å². The summed E-state index contributed by atoms with van der Waals surface area (Å²) in [5.74, 6) is 1.50. The van der Waals surface area contributed by atoms with Gasteiger partial charge in [-0.1, -0.05) is 12.1 Å². The van der Waals surface area contributed by atoms with Gasteiger partial charge in [-0.25, -0.2) is 9.97 Å². The molecule has 0 aliphatic rings. The van der Waals surface area contributed by atoms with Crippen molar-refractivity contribution in [2.45, 2.75) is 39.9 Å². The van der Waals surface area contributed by atoms with E-state index in [-0.39, 0.29) is 12.2 Å². The van der Waals surface area contributed by atoms with Crippen LogP contribution in [0.1, 0.15) is 27.7 Å². The van der Waals surface area contributed by atoms with Crippen molar-refractivity contribution in [3.05, 3.63) is 67.1 Å². The highest BCUT2D eigenvalue weighted by atomic mass is 16.5. The third-order valence-corrected chi connectivity index (χ3v) is 4.45. The molecule has 0 fully saturated rings. The van der Waals surface area contributed by atoms with Crippen molar-refractivity contribution in [1.29, 1.82) is 0 Å². The summed E-state index contributed by atoms with van der Waals surface area (Å²) >= 11 is 0. The molecule has 5 nitrogen and oxygen atoms in total. The summed E-state index contributed by atoms with van der Waals surface area (Å²) in [6.45, 7) is 8.03. The largest absolute Gasteiger partial charge is 0.491 e. The number of hydrogen-bond acceptors (Lipinski definition) is 4. The quantitative estimate of drug-likeness (QED) is 0.430. The molecule has 29 heavy (non-hydrogen) atoms. The molecule has 3 heterocycles. The van der Waals surface area contributed by atoms with Gasteiger partial charge < -0.3 is 9.47 Å². The zero-order valence-electron chi connectivity index (χ0n) is 17.2. The summed E-state index contributed by atoms with van der Waals surface area (Å²) in [5.41, 5.74) is 5.12. The zero-order valence-corrected chi connectivity index (χ0v) is 17.2. The minimum absolute atomic E-state index is 0.101. The van der Waals surface area contributed by atoms with Gasteiger partial charge in [0.25, 0.3) is 0 Å². The Labute approximate surface area is 171 Å². The van der Waals surface area contributed by atoms with E-state index in [1.54, 1.807) is 0 Å². The molecule has 0 unspecified atom stereocenters. The highest BCUT2D eigenvalue weighted by molar-refractivity contribution is 5.69. The summed E-state index contributed by atoms with van der Waals surface area (Å²) in [5, 5.41) is 0. The zero-order chi connectivity index (χ0) is 20.4. The molecule has 0 aliphatic heterocycles. The highest BCUT2D eigenvalue weighted by Crippen LogP contribution is 2.27. The first-order valence-electron chi connectivity index (χ1n) is 9.87. The number of ether oxygens (including phenoxy) is 2. The lowest BCUT2D eigenvalue weighted by atomic mass is 10.1. The van der Waals surface area contributed by atoms with Crippen LogP contribution < -0.4 is 9.47 Å². The molecular formula is C24H25N3O2. The maximum Gasteiger partial charge on any atom is 0.213 e. The van der Waals surface area contributed by atoms with E-state index in [9.17, 15) is 0 Å². The predicted molar refractivity (Wildman–Crippen MR) is 115 cm³/mol. The van der Waals surface area contributed by atoms with E-state index in [0.29, 0.717) is 5.88 Å². The van der Waals surface area contributed by atoms with Crippen LogP contribution in [0.5, 0.6) is 11.6 Å². The molecule has 0 bridgehead atoms. The third-order valence-electron chi connectivity index (χ3n) is 4.45. The number of aromatic nitrogens is 3. The average Bonchev–Trinajstić information content (AvgIpc) is 3.11. The standard InChI is InChI=1S/C24H25N3O2/c1-16(2)28-21-9-5-18(6-10-21)20-7-11-23-25-14-22(27(23)15-20)19-8-12-24(26-13-19)29-17(3)4/h5-17H,1-4H3. The second-order valence-corrected chi connectivity index (χ2v) is 7.53. The molecule has 148 valence electrons. The van der Waals surface area contributed by atoms with Crippen LogP contribution in [0.25, 0.3) is 28.0 Å². The molecule has 0 aliphatic carbocycles. The van der Waals surface area contributed by atoms with Gasteiger partial charge in [0.1, 0.15) is 11.4 Å². The van der Waals surface area contributed by atoms with Crippen LogP contribution in [0.4, 0.5) is 0 Å². The summed E-state index contributed by atoms with van der Waals surface area (Å²) in [7, 11) is 0. The number of benzene rings is 1. The van der Waals surface area contributed by atoms with Crippen LogP contribution in [0.15, 0.2) is 67.1 Å². The van der Waals surface area contributed by atoms with E-state index >= 15 is 0 Å². The number of hydrogen-bond donors (Lipinski definition) is 0. The Bertz CT molecular complexity index is 1100. The Balaban J connectivity index is 1.66. The van der Waals surface area contributed by atoms with Crippen molar-refractivity contribution in [2.24, 2.45) is 0 Å². The summed E-state index contributed by atoms with van der Waals surface area (Å²) in [4.78, 5) is 8.95. The molecule has 4 aromatic rings. The van der Waals surface area contributed by atoms with Crippen molar-refractivity contribution in [2.75, 3.05) is 0 Å². The lowest BCUT2D eigenvalue weighted by molar-refractivity contribution is 0.232. The maximum atomic E-state index is 5.74. The van der Waals surface area contributed by atoms with E-state index in [0.717, 1.165) is 33.8 Å². The van der Waals surface area contributed by atoms with Crippen LogP contribution >= 0.6 is 0 Å². The molecule has 0 amide bonds. The summed E-state index contributed by atoms with van der Waals surface area (Å²) < 4.78 is 13.5. The molecule has 5 heteroatoms. The molecule has 0 saturated carbocycles. The molecule has 3 aromatic heterocycles. The Kier molecular flexibility index (Phi) is 5.21. The topological polar surface area (TPSA) is 48.7 Å². The van der Waals surface area contributed by atoms with Gasteiger partial charge in [-0.2, -0.15) is 0 Å². The van der Waals surface area contributed by atoms with Crippen molar-refractivity contribution in [3.63, 3.8) is 0 Å². The molecule has 0 saturated heterocycles. The molecule has 0 spiro atoms. The lowest BCUT2D eigenvalue weighted by Crippen LogP contribution is -2.06. The number of nitrogens with zero attached hydrogens (tertiary/aromatic N) is 3. The Morgan fingerprint density at radius 2 is 1.38 bits per heavy atom. The van der Waals surface area contributed by atoms with E-state index < -0.39 is 0 Å². The first-order chi connectivity index (χ1) is 14.0. The first-order valence-corrected chi connectivity index (χ1v) is 9.87. The molecule has 0 atom stereocenters. The van der Waals surface area contributed by atoms with Crippen LogP contribution in [0, 0.1) is 0 Å². The smallest absolute Gasteiger partial charge is 0.213 e. The normalized spacial score (nSPS) is 11.4. The maximum absolute atomic E-state index is 5.74. The molecule has 4 rings (SSSR count). The summed E-state index contributed by atoms with van der Waals surface area (Å²) in [6.07, 6.45) is 6.07. The average molecular weight is 387 g/mol. The van der Waals surface area contributed by atoms with Crippen molar-refractivity contribution in [3.8, 4) is 34.0 Å². The third kappa shape index (κ3) is 4.24. The molecule has 0 radical (unpaired) electrons. The number of imidazole rings is 1. The van der Waals surface area contributed by atoms with Gasteiger partial charge >= 0.3 is 0 Å². The molecule has 1 aromatic carbocycles. The monoisotopic (exact) mass is 387 g/mol. The highest BCUT2D eigenvalue weighted by Gasteiger charge is 2.09. The Morgan fingerprint density at radius 3 is 2.03 bits per heavy atom. The van der Waals surface area contributed by atoms with E-state index in [1.807, 2.05) is 70.4 Å². The first kappa shape index (κ1) is 19.0. The number of rotatable bonds is 6. The van der Waals surface area contributed by atoms with Gasteiger partial charge in [-0.15, -0.1) is 0 Å². The van der Waals surface area contributed by atoms with Gasteiger partial charge in [0.2, 0.25) is 5.88 Å². The molecular weight excluding hydrogens is 362 g/mol. The Morgan fingerprint density at radius 1 is 0.690 bits per heavy atom. The van der Waals surface area contributed by atoms with E-state index in [1.165, 1.54) is 0 Å². The van der Waals surface area contributed by atoms with Gasteiger partial charge in [-0.05, 0) is 69.2 Å². The predicted octanol–water partition coefficient (Wildman–Crippen LogP) is 5.64. The Hall–Kier alpha value is -3.34. The number of pyridine rings is 2. The van der Waals surface area contributed by atoms with Crippen molar-refractivity contribution >= 4 is 5.65 Å². The van der Waals surface area contributed by atoms with Crippen LogP contribution in [-0.2, 0) is 0 Å². The number of fused-ring (bicyclic) bond motifs is 1. The fourth-order valence-corrected chi connectivity index (χ4v) is 3.21. The fourth-order valence-electron chi connectivity index (χ4n) is 3.21. The van der Waals surface area contributed by atoms with Crippen molar-refractivity contribution < 1.29 is 9.47 Å². The van der Waals surface area contributed by atoms with Crippen LogP contribution in [0.3, 0.4) is 0 Å². The van der Waals surface area contributed by atoms with Crippen LogP contribution in [-0.4, -0.2) is 26.6 Å². The lowest BCUT2D eigenvalue weighted by Gasteiger charge is -2.11. The second kappa shape index (κ2) is 7.95. The van der Waals surface area contributed by atoms with Gasteiger partial charge in [0.05, 0.1) is 24.1 Å². The molecule has 0 N–H and O–H groups in total. The second-order valence-electron chi connectivity index (χ2n) is 7.53. The minimum atomic E-state index is 0.101. The SMILES string of the molecule is CC(C)Oc1ccc(-c2ccc3ncc(-c4ccc(OC(C)C)nc4)n3c2)cc1.